The second-order valence-electron chi connectivity index (χ2n) is 6.56. The number of benzene rings is 1. The number of hydrogen-bond acceptors (Lipinski definition) is 5. The number of aromatic amines is 1. The molecule has 1 N–H and O–H groups in total. The van der Waals surface area contributed by atoms with Crippen LogP contribution in [-0.2, 0) is 0 Å². The largest absolute Gasteiger partial charge is 0.496 e. The van der Waals surface area contributed by atoms with Crippen molar-refractivity contribution in [2.75, 3.05) is 21.2 Å². The Balaban J connectivity index is 1.83. The Hall–Kier alpha value is -3.74. The number of fused-ring (bicyclic) bond motifs is 1. The maximum Gasteiger partial charge on any atom is 0.254 e. The number of rotatable bonds is 4. The average Bonchev–Trinajstić information content (AvgIpc) is 3.16. The third-order valence-electron chi connectivity index (χ3n) is 4.51. The van der Waals surface area contributed by atoms with Crippen LogP contribution in [0.15, 0.2) is 55.0 Å². The van der Waals surface area contributed by atoms with Crippen molar-refractivity contribution in [1.82, 2.24) is 25.1 Å². The van der Waals surface area contributed by atoms with Crippen LogP contribution in [0.4, 0.5) is 0 Å². The van der Waals surface area contributed by atoms with E-state index in [-0.39, 0.29) is 5.91 Å². The highest BCUT2D eigenvalue weighted by Crippen LogP contribution is 2.34. The number of nitrogens with zero attached hydrogens (tertiary/aromatic N) is 4. The highest BCUT2D eigenvalue weighted by atomic mass is 16.5. The van der Waals surface area contributed by atoms with E-state index in [4.69, 9.17) is 4.74 Å². The van der Waals surface area contributed by atoms with Crippen molar-refractivity contribution in [3.05, 3.63) is 60.6 Å². The molecule has 0 aliphatic carbocycles. The van der Waals surface area contributed by atoms with Gasteiger partial charge in [0.2, 0.25) is 0 Å². The van der Waals surface area contributed by atoms with Crippen molar-refractivity contribution in [2.45, 2.75) is 0 Å². The van der Waals surface area contributed by atoms with Gasteiger partial charge in [-0.15, -0.1) is 0 Å². The van der Waals surface area contributed by atoms with Crippen LogP contribution in [0, 0.1) is 0 Å². The molecule has 0 radical (unpaired) electrons. The molecule has 0 aliphatic rings. The zero-order valence-electron chi connectivity index (χ0n) is 15.8. The Kier molecular flexibility index (Phi) is 4.49. The van der Waals surface area contributed by atoms with Gasteiger partial charge >= 0.3 is 0 Å². The molecule has 28 heavy (non-hydrogen) atoms. The summed E-state index contributed by atoms with van der Waals surface area (Å²) in [6.07, 6.45) is 5.02. The summed E-state index contributed by atoms with van der Waals surface area (Å²) in [5, 5.41) is 8.23. The van der Waals surface area contributed by atoms with Crippen molar-refractivity contribution < 1.29 is 9.53 Å². The van der Waals surface area contributed by atoms with E-state index in [1.54, 1.807) is 39.8 Å². The zero-order valence-corrected chi connectivity index (χ0v) is 15.8. The highest BCUT2D eigenvalue weighted by molar-refractivity contribution is 5.96. The summed E-state index contributed by atoms with van der Waals surface area (Å²) in [4.78, 5) is 22.5. The fourth-order valence-electron chi connectivity index (χ4n) is 3.09. The molecule has 0 saturated carbocycles. The molecule has 0 fully saturated rings. The van der Waals surface area contributed by atoms with Crippen LogP contribution in [0.5, 0.6) is 5.75 Å². The molecule has 7 heteroatoms. The number of H-pyrrole nitrogens is 1. The highest BCUT2D eigenvalue weighted by Gasteiger charge is 2.15. The molecular weight excluding hydrogens is 354 g/mol. The number of carbonyl (C=O) groups is 1. The summed E-state index contributed by atoms with van der Waals surface area (Å²) in [6.45, 7) is 0. The smallest absolute Gasteiger partial charge is 0.254 e. The van der Waals surface area contributed by atoms with E-state index < -0.39 is 0 Å². The van der Waals surface area contributed by atoms with Crippen LogP contribution < -0.4 is 4.74 Å². The van der Waals surface area contributed by atoms with Gasteiger partial charge < -0.3 is 9.64 Å². The normalized spacial score (nSPS) is 10.8. The number of amides is 1. The Labute approximate surface area is 162 Å². The number of carbonyl (C=O) groups excluding carboxylic acids is 1. The van der Waals surface area contributed by atoms with E-state index >= 15 is 0 Å². The molecule has 0 spiro atoms. The Bertz CT molecular complexity index is 1170. The summed E-state index contributed by atoms with van der Waals surface area (Å²) < 4.78 is 5.48. The van der Waals surface area contributed by atoms with E-state index in [0.717, 1.165) is 33.5 Å². The lowest BCUT2D eigenvalue weighted by molar-refractivity contribution is 0.0827. The van der Waals surface area contributed by atoms with Gasteiger partial charge in [-0.1, -0.05) is 12.1 Å². The van der Waals surface area contributed by atoms with E-state index in [0.29, 0.717) is 11.2 Å². The quantitative estimate of drug-likeness (QED) is 0.593. The third-order valence-corrected chi connectivity index (χ3v) is 4.51. The molecule has 1 aromatic carbocycles. The van der Waals surface area contributed by atoms with Gasteiger partial charge in [0.15, 0.2) is 5.65 Å². The van der Waals surface area contributed by atoms with E-state index in [2.05, 4.69) is 20.2 Å². The first-order chi connectivity index (χ1) is 13.6. The van der Waals surface area contributed by atoms with Gasteiger partial charge in [0.05, 0.1) is 18.4 Å². The minimum atomic E-state index is -0.0959. The van der Waals surface area contributed by atoms with Crippen LogP contribution in [0.2, 0.25) is 0 Å². The molecule has 3 heterocycles. The van der Waals surface area contributed by atoms with Gasteiger partial charge in [0.25, 0.3) is 5.91 Å². The van der Waals surface area contributed by atoms with E-state index in [1.165, 1.54) is 4.90 Å². The summed E-state index contributed by atoms with van der Waals surface area (Å²) in [5.74, 6) is 0.653. The molecule has 0 saturated heterocycles. The van der Waals surface area contributed by atoms with Crippen LogP contribution >= 0.6 is 0 Å². The first kappa shape index (κ1) is 17.7. The minimum Gasteiger partial charge on any atom is -0.496 e. The summed E-state index contributed by atoms with van der Waals surface area (Å²) >= 11 is 0. The summed E-state index contributed by atoms with van der Waals surface area (Å²) in [6, 6.07) is 11.6. The molecule has 0 unspecified atom stereocenters. The third kappa shape index (κ3) is 3.07. The second kappa shape index (κ2) is 7.11. The molecule has 4 aromatic rings. The molecule has 0 bridgehead atoms. The standard InChI is InChI=1S/C21H19N5O2/c1-26(2)21(27)15-8-13(10-22-11-15)14-9-17-19(24-25-20(17)23-12-14)16-6-4-5-7-18(16)28-3/h4-12H,1-3H3,(H,23,24,25). The topological polar surface area (TPSA) is 84.0 Å². The Morgan fingerprint density at radius 2 is 1.86 bits per heavy atom. The molecule has 4 rings (SSSR count). The summed E-state index contributed by atoms with van der Waals surface area (Å²) in [7, 11) is 5.07. The first-order valence-electron chi connectivity index (χ1n) is 8.73. The van der Waals surface area contributed by atoms with Gasteiger partial charge in [-0.05, 0) is 24.3 Å². The maximum atomic E-state index is 12.3. The SMILES string of the molecule is COc1ccccc1-c1[nH]nc2ncc(-c3cncc(C(=O)N(C)C)c3)cc12. The van der Waals surface area contributed by atoms with Gasteiger partial charge in [-0.2, -0.15) is 5.10 Å². The molecule has 3 aromatic heterocycles. The van der Waals surface area contributed by atoms with Crippen molar-refractivity contribution in [1.29, 1.82) is 0 Å². The first-order valence-corrected chi connectivity index (χ1v) is 8.73. The second-order valence-corrected chi connectivity index (χ2v) is 6.56. The average molecular weight is 373 g/mol. The van der Waals surface area contributed by atoms with Crippen LogP contribution in [-0.4, -0.2) is 52.2 Å². The molecule has 140 valence electrons. The van der Waals surface area contributed by atoms with E-state index in [1.807, 2.05) is 36.4 Å². The van der Waals surface area contributed by atoms with Crippen LogP contribution in [0.3, 0.4) is 0 Å². The number of hydrogen-bond donors (Lipinski definition) is 1. The zero-order chi connectivity index (χ0) is 19.7. The van der Waals surface area contributed by atoms with Crippen LogP contribution in [0.1, 0.15) is 10.4 Å². The van der Waals surface area contributed by atoms with Gasteiger partial charge in [0.1, 0.15) is 5.75 Å². The van der Waals surface area contributed by atoms with Gasteiger partial charge in [-0.25, -0.2) is 4.98 Å². The van der Waals surface area contributed by atoms with Crippen molar-refractivity contribution in [3.63, 3.8) is 0 Å². The number of methoxy groups -OCH3 is 1. The van der Waals surface area contributed by atoms with E-state index in [9.17, 15) is 4.79 Å². The van der Waals surface area contributed by atoms with Gasteiger partial charge in [-0.3, -0.25) is 14.9 Å². The van der Waals surface area contributed by atoms with Crippen molar-refractivity contribution in [2.24, 2.45) is 0 Å². The molecule has 1 amide bonds. The molecule has 7 nitrogen and oxygen atoms in total. The van der Waals surface area contributed by atoms with Gasteiger partial charge in [0, 0.05) is 54.8 Å². The lowest BCUT2D eigenvalue weighted by atomic mass is 10.0. The monoisotopic (exact) mass is 373 g/mol. The number of para-hydroxylation sites is 1. The molecule has 0 atom stereocenters. The van der Waals surface area contributed by atoms with Crippen molar-refractivity contribution in [3.8, 4) is 28.1 Å². The Morgan fingerprint density at radius 1 is 1.07 bits per heavy atom. The van der Waals surface area contributed by atoms with Crippen molar-refractivity contribution >= 4 is 16.9 Å². The fraction of sp³-hybridized carbons (Fsp3) is 0.143. The Morgan fingerprint density at radius 3 is 2.64 bits per heavy atom. The lowest BCUT2D eigenvalue weighted by Crippen LogP contribution is -2.21. The predicted octanol–water partition coefficient (Wildman–Crippen LogP) is 3.40. The fourth-order valence-corrected chi connectivity index (χ4v) is 3.09. The molecular formula is C21H19N5O2. The number of aromatic nitrogens is 4. The number of nitrogens with one attached hydrogen (secondary N) is 1. The summed E-state index contributed by atoms with van der Waals surface area (Å²) in [5.41, 5.74) is 4.54. The lowest BCUT2D eigenvalue weighted by Gasteiger charge is -2.11. The maximum absolute atomic E-state index is 12.3. The minimum absolute atomic E-state index is 0.0959. The van der Waals surface area contributed by atoms with Crippen LogP contribution in [0.25, 0.3) is 33.4 Å². The predicted molar refractivity (Wildman–Crippen MR) is 107 cm³/mol. The molecule has 0 aliphatic heterocycles. The number of pyridine rings is 2. The number of ether oxygens (including phenoxy) is 1.